The molecule has 0 radical (unpaired) electrons. The van der Waals surface area contributed by atoms with Crippen molar-refractivity contribution in [3.63, 3.8) is 0 Å². The Morgan fingerprint density at radius 2 is 2.25 bits per heavy atom. The van der Waals surface area contributed by atoms with Crippen molar-refractivity contribution in [3.05, 3.63) is 0 Å². The standard InChI is InChI=1S/C2H6BP/c3-1-2-4/h2,4H,1,3H2. The Morgan fingerprint density at radius 1 is 2.00 bits per heavy atom. The van der Waals surface area contributed by atoms with Crippen LogP contribution in [0.15, 0.2) is 0 Å². The molecule has 2 heteroatoms. The molecule has 0 aromatic heterocycles. The van der Waals surface area contributed by atoms with Gasteiger partial charge in [0, 0.05) is 0 Å². The van der Waals surface area contributed by atoms with E-state index in [-0.39, 0.29) is 0 Å². The largest absolute Gasteiger partial charge is 0.127 e. The summed E-state index contributed by atoms with van der Waals surface area (Å²) in [7, 11) is 5.24. The first-order valence-electron chi connectivity index (χ1n) is 1.40. The lowest BCUT2D eigenvalue weighted by Crippen LogP contribution is -1.56. The van der Waals surface area contributed by atoms with Crippen LogP contribution in [0.5, 0.6) is 0 Å². The Bertz CT molecular complexity index is 20.0. The zero-order valence-corrected chi connectivity index (χ0v) is 3.78. The van der Waals surface area contributed by atoms with E-state index in [1.807, 2.05) is 5.80 Å². The lowest BCUT2D eigenvalue weighted by Gasteiger charge is -1.55. The second-order valence-electron chi connectivity index (χ2n) is 0.612. The number of hydrogen-bond acceptors (Lipinski definition) is 0. The molecule has 0 nitrogen and oxygen atoms in total. The van der Waals surface area contributed by atoms with Crippen molar-refractivity contribution >= 4 is 22.5 Å². The summed E-state index contributed by atoms with van der Waals surface area (Å²) in [4.78, 5) is 0. The molecule has 0 aromatic carbocycles. The average Bonchev–Trinajstić information content (AvgIpc) is 1.37. The Balaban J connectivity index is 2.30. The van der Waals surface area contributed by atoms with Crippen LogP contribution < -0.4 is 0 Å². The fourth-order valence-electron chi connectivity index (χ4n) is 0. The van der Waals surface area contributed by atoms with Gasteiger partial charge in [-0.25, -0.2) is 0 Å². The molecule has 0 aromatic rings. The zero-order chi connectivity index (χ0) is 3.41. The van der Waals surface area contributed by atoms with Crippen molar-refractivity contribution in [1.82, 2.24) is 0 Å². The molecule has 0 rings (SSSR count). The van der Waals surface area contributed by atoms with E-state index in [2.05, 4.69) is 16.7 Å². The van der Waals surface area contributed by atoms with Gasteiger partial charge in [0.25, 0.3) is 0 Å². The molecule has 0 fully saturated rings. The molecular formula is C2H6BP. The molecule has 0 heterocycles. The van der Waals surface area contributed by atoms with E-state index >= 15 is 0 Å². The summed E-state index contributed by atoms with van der Waals surface area (Å²) in [6.45, 7) is 0. The van der Waals surface area contributed by atoms with Crippen LogP contribution >= 0.6 is 8.86 Å². The fourth-order valence-corrected chi connectivity index (χ4v) is 0. The van der Waals surface area contributed by atoms with E-state index in [0.29, 0.717) is 0 Å². The number of hydrogen-bond donors (Lipinski definition) is 0. The molecule has 0 aliphatic heterocycles. The second kappa shape index (κ2) is 3.23. The summed E-state index contributed by atoms with van der Waals surface area (Å²) in [5.74, 6) is 1.93. The van der Waals surface area contributed by atoms with Crippen LogP contribution in [-0.4, -0.2) is 13.6 Å². The summed E-state index contributed by atoms with van der Waals surface area (Å²) < 4.78 is 0. The van der Waals surface area contributed by atoms with Crippen molar-refractivity contribution in [3.8, 4) is 0 Å². The van der Waals surface area contributed by atoms with Crippen LogP contribution in [0.3, 0.4) is 0 Å². The first kappa shape index (κ1) is 4.23. The lowest BCUT2D eigenvalue weighted by molar-refractivity contribution is 2.07. The van der Waals surface area contributed by atoms with Gasteiger partial charge in [0.15, 0.2) is 0 Å². The summed E-state index contributed by atoms with van der Waals surface area (Å²) in [5, 5.41) is 0. The van der Waals surface area contributed by atoms with Crippen molar-refractivity contribution < 1.29 is 0 Å². The third kappa shape index (κ3) is 2.23. The van der Waals surface area contributed by atoms with Crippen molar-refractivity contribution in [2.24, 2.45) is 0 Å². The van der Waals surface area contributed by atoms with Crippen molar-refractivity contribution in [2.75, 3.05) is 0 Å². The molecule has 0 amide bonds. The summed E-state index contributed by atoms with van der Waals surface area (Å²) >= 11 is 0. The molecule has 0 aliphatic carbocycles. The third-order valence-electron chi connectivity index (χ3n) is 0.204. The second-order valence-corrected chi connectivity index (χ2v) is 1.02. The van der Waals surface area contributed by atoms with Gasteiger partial charge in [-0.2, -0.15) is 0 Å². The van der Waals surface area contributed by atoms with Gasteiger partial charge in [0.2, 0.25) is 0 Å². The Hall–Kier alpha value is 0.235. The summed E-state index contributed by atoms with van der Waals surface area (Å²) in [6, 6.07) is 0. The van der Waals surface area contributed by atoms with Gasteiger partial charge in [-0.15, -0.1) is 8.86 Å². The van der Waals surface area contributed by atoms with Crippen LogP contribution in [0.2, 0.25) is 6.32 Å². The highest BCUT2D eigenvalue weighted by molar-refractivity contribution is 7.18. The normalized spacial score (nSPS) is 6.00. The van der Waals surface area contributed by atoms with Gasteiger partial charge >= 0.3 is 0 Å². The SMILES string of the molecule is BCC=P. The van der Waals surface area contributed by atoms with Crippen LogP contribution in [-0.2, 0) is 0 Å². The Labute approximate surface area is 29.8 Å². The average molecular weight is 71.9 g/mol. The quantitative estimate of drug-likeness (QED) is 0.301. The van der Waals surface area contributed by atoms with E-state index in [1.54, 1.807) is 0 Å². The van der Waals surface area contributed by atoms with Gasteiger partial charge in [-0.3, -0.25) is 0 Å². The van der Waals surface area contributed by atoms with E-state index in [1.165, 1.54) is 0 Å². The van der Waals surface area contributed by atoms with Crippen molar-refractivity contribution in [1.29, 1.82) is 0 Å². The Kier molecular flexibility index (Phi) is 3.42. The molecule has 0 unspecified atom stereocenters. The Morgan fingerprint density at radius 3 is 2.25 bits per heavy atom. The van der Waals surface area contributed by atoms with Gasteiger partial charge < -0.3 is 0 Å². The molecule has 4 heavy (non-hydrogen) atoms. The fraction of sp³-hybridized carbons (Fsp3) is 0.500. The minimum Gasteiger partial charge on any atom is -0.127 e. The summed E-state index contributed by atoms with van der Waals surface area (Å²) in [5.41, 5.74) is 0. The predicted molar refractivity (Wildman–Crippen MR) is 27.7 cm³/mol. The number of rotatable bonds is 1. The zero-order valence-electron chi connectivity index (χ0n) is 2.78. The molecule has 0 saturated heterocycles. The van der Waals surface area contributed by atoms with Crippen LogP contribution in [0.1, 0.15) is 0 Å². The first-order valence-corrected chi connectivity index (χ1v) is 1.98. The third-order valence-corrected chi connectivity index (χ3v) is 0.612. The van der Waals surface area contributed by atoms with Crippen LogP contribution in [0.4, 0.5) is 0 Å². The highest BCUT2D eigenvalue weighted by Crippen LogP contribution is 1.58. The maximum atomic E-state index is 3.16. The molecule has 0 saturated carbocycles. The minimum absolute atomic E-state index is 1.11. The lowest BCUT2D eigenvalue weighted by atomic mass is 10.1. The molecule has 0 spiro atoms. The van der Waals surface area contributed by atoms with Gasteiger partial charge in [0.05, 0.1) is 0 Å². The highest BCUT2D eigenvalue weighted by Gasteiger charge is 1.48. The molecule has 22 valence electrons. The maximum absolute atomic E-state index is 3.16. The minimum atomic E-state index is 1.11. The molecule has 0 aliphatic rings. The molecule has 0 atom stereocenters. The predicted octanol–water partition coefficient (Wildman–Crippen LogP) is -0.0172. The van der Waals surface area contributed by atoms with E-state index in [0.717, 1.165) is 6.32 Å². The smallest absolute Gasteiger partial charge is 0.106 e. The van der Waals surface area contributed by atoms with Crippen LogP contribution in [0.25, 0.3) is 0 Å². The van der Waals surface area contributed by atoms with E-state index < -0.39 is 0 Å². The maximum Gasteiger partial charge on any atom is 0.106 e. The van der Waals surface area contributed by atoms with E-state index in [4.69, 9.17) is 0 Å². The molecular weight excluding hydrogens is 65.8 g/mol. The van der Waals surface area contributed by atoms with Crippen LogP contribution in [0, 0.1) is 0 Å². The van der Waals surface area contributed by atoms with E-state index in [9.17, 15) is 0 Å². The van der Waals surface area contributed by atoms with Gasteiger partial charge in [0.1, 0.15) is 7.85 Å². The highest BCUT2D eigenvalue weighted by atomic mass is 31.0. The van der Waals surface area contributed by atoms with Crippen molar-refractivity contribution in [2.45, 2.75) is 6.32 Å². The topological polar surface area (TPSA) is 0 Å². The monoisotopic (exact) mass is 72.0 g/mol. The van der Waals surface area contributed by atoms with Gasteiger partial charge in [-0.05, 0) is 0 Å². The summed E-state index contributed by atoms with van der Waals surface area (Å²) in [6.07, 6.45) is 1.11. The molecule has 0 bridgehead atoms. The molecule has 0 N–H and O–H groups in total. The van der Waals surface area contributed by atoms with Gasteiger partial charge in [-0.1, -0.05) is 12.1 Å². The first-order chi connectivity index (χ1) is 1.91.